The Kier molecular flexibility index (Phi) is 6.69. The van der Waals surface area contributed by atoms with E-state index in [1.165, 1.54) is 12.4 Å². The number of aryl methyl sites for hydroxylation is 1. The zero-order chi connectivity index (χ0) is 17.5. The van der Waals surface area contributed by atoms with Crippen LogP contribution in [0.15, 0.2) is 35.1 Å². The first kappa shape index (κ1) is 18.4. The standard InChI is InChI=1S/C17H22BrN5O/c1-12-5-6-15(14(18)9-12)22-17-20-10-13(11-21-17)16(24)19-7-4-8-23(2)3/h5-6,9-11H,4,7-8H2,1-3H3,(H,19,24)(H,20,21,22). The number of benzene rings is 1. The van der Waals surface area contributed by atoms with Crippen molar-refractivity contribution in [3.8, 4) is 0 Å². The lowest BCUT2D eigenvalue weighted by molar-refractivity contribution is 0.0951. The van der Waals surface area contributed by atoms with Crippen LogP contribution in [0.2, 0.25) is 0 Å². The molecule has 0 atom stereocenters. The highest BCUT2D eigenvalue weighted by Gasteiger charge is 2.08. The molecule has 0 aliphatic carbocycles. The van der Waals surface area contributed by atoms with Crippen molar-refractivity contribution in [3.63, 3.8) is 0 Å². The number of halogens is 1. The fraction of sp³-hybridized carbons (Fsp3) is 0.353. The predicted molar refractivity (Wildman–Crippen MR) is 99.7 cm³/mol. The maximum atomic E-state index is 12.0. The van der Waals surface area contributed by atoms with Gasteiger partial charge in [-0.3, -0.25) is 4.79 Å². The summed E-state index contributed by atoms with van der Waals surface area (Å²) < 4.78 is 0.939. The molecule has 2 aromatic rings. The van der Waals surface area contributed by atoms with E-state index in [0.29, 0.717) is 18.1 Å². The van der Waals surface area contributed by atoms with Crippen molar-refractivity contribution in [1.82, 2.24) is 20.2 Å². The van der Waals surface area contributed by atoms with E-state index in [2.05, 4.69) is 41.4 Å². The summed E-state index contributed by atoms with van der Waals surface area (Å²) in [5.74, 6) is 0.292. The summed E-state index contributed by atoms with van der Waals surface area (Å²) in [5, 5.41) is 5.99. The first-order valence-corrected chi connectivity index (χ1v) is 8.53. The van der Waals surface area contributed by atoms with Crippen LogP contribution in [0.5, 0.6) is 0 Å². The monoisotopic (exact) mass is 391 g/mol. The molecule has 0 spiro atoms. The molecule has 0 saturated heterocycles. The topological polar surface area (TPSA) is 70.2 Å². The molecular formula is C17H22BrN5O. The lowest BCUT2D eigenvalue weighted by Crippen LogP contribution is -2.27. The number of hydrogen-bond acceptors (Lipinski definition) is 5. The van der Waals surface area contributed by atoms with E-state index in [1.807, 2.05) is 39.2 Å². The highest BCUT2D eigenvalue weighted by Crippen LogP contribution is 2.25. The zero-order valence-electron chi connectivity index (χ0n) is 14.1. The number of rotatable bonds is 7. The van der Waals surface area contributed by atoms with Crippen molar-refractivity contribution in [2.75, 3.05) is 32.5 Å². The molecule has 0 bridgehead atoms. The predicted octanol–water partition coefficient (Wildman–Crippen LogP) is 2.97. The molecule has 6 nitrogen and oxygen atoms in total. The first-order valence-electron chi connectivity index (χ1n) is 7.74. The van der Waals surface area contributed by atoms with Crippen LogP contribution >= 0.6 is 15.9 Å². The van der Waals surface area contributed by atoms with Gasteiger partial charge in [-0.05, 0) is 67.6 Å². The number of carbonyl (C=O) groups is 1. The van der Waals surface area contributed by atoms with Crippen LogP contribution in [0.4, 0.5) is 11.6 Å². The summed E-state index contributed by atoms with van der Waals surface area (Å²) in [6.07, 6.45) is 3.96. The third-order valence-electron chi connectivity index (χ3n) is 3.35. The molecule has 0 aliphatic rings. The molecule has 1 amide bonds. The maximum absolute atomic E-state index is 12.0. The fourth-order valence-electron chi connectivity index (χ4n) is 2.05. The molecule has 0 radical (unpaired) electrons. The van der Waals surface area contributed by atoms with Gasteiger partial charge < -0.3 is 15.5 Å². The highest BCUT2D eigenvalue weighted by atomic mass is 79.9. The van der Waals surface area contributed by atoms with Gasteiger partial charge in [0, 0.05) is 23.4 Å². The molecule has 1 aromatic heterocycles. The molecule has 2 N–H and O–H groups in total. The summed E-state index contributed by atoms with van der Waals surface area (Å²) >= 11 is 3.50. The summed E-state index contributed by atoms with van der Waals surface area (Å²) in [6.45, 7) is 3.59. The second kappa shape index (κ2) is 8.75. The summed E-state index contributed by atoms with van der Waals surface area (Å²) in [4.78, 5) is 22.5. The quantitative estimate of drug-likeness (QED) is 0.709. The van der Waals surface area contributed by atoms with Crippen LogP contribution < -0.4 is 10.6 Å². The minimum atomic E-state index is -0.156. The Morgan fingerprint density at radius 1 is 1.25 bits per heavy atom. The van der Waals surface area contributed by atoms with E-state index in [-0.39, 0.29) is 5.91 Å². The normalized spacial score (nSPS) is 10.7. The Bertz CT molecular complexity index is 688. The number of anilines is 2. The van der Waals surface area contributed by atoms with Crippen LogP contribution in [0.1, 0.15) is 22.3 Å². The van der Waals surface area contributed by atoms with E-state index in [0.717, 1.165) is 28.7 Å². The molecule has 0 fully saturated rings. The van der Waals surface area contributed by atoms with E-state index < -0.39 is 0 Å². The number of nitrogens with zero attached hydrogens (tertiary/aromatic N) is 3. The van der Waals surface area contributed by atoms with E-state index in [1.54, 1.807) is 0 Å². The Morgan fingerprint density at radius 3 is 2.58 bits per heavy atom. The fourth-order valence-corrected chi connectivity index (χ4v) is 2.64. The molecule has 1 heterocycles. The van der Waals surface area contributed by atoms with Crippen LogP contribution in [0, 0.1) is 6.92 Å². The van der Waals surface area contributed by atoms with Crippen molar-refractivity contribution >= 4 is 33.5 Å². The second-order valence-corrected chi connectivity index (χ2v) is 6.67. The number of hydrogen-bond donors (Lipinski definition) is 2. The minimum absolute atomic E-state index is 0.156. The maximum Gasteiger partial charge on any atom is 0.254 e. The number of aromatic nitrogens is 2. The molecule has 2 rings (SSSR count). The van der Waals surface area contributed by atoms with Gasteiger partial charge in [0.15, 0.2) is 0 Å². The van der Waals surface area contributed by atoms with Crippen LogP contribution in [0.25, 0.3) is 0 Å². The third kappa shape index (κ3) is 5.58. The minimum Gasteiger partial charge on any atom is -0.352 e. The molecule has 24 heavy (non-hydrogen) atoms. The largest absolute Gasteiger partial charge is 0.352 e. The van der Waals surface area contributed by atoms with Crippen LogP contribution in [-0.2, 0) is 0 Å². The van der Waals surface area contributed by atoms with Gasteiger partial charge in [-0.1, -0.05) is 6.07 Å². The van der Waals surface area contributed by atoms with E-state index >= 15 is 0 Å². The molecule has 128 valence electrons. The molecule has 0 aliphatic heterocycles. The number of carbonyl (C=O) groups excluding carboxylic acids is 1. The van der Waals surface area contributed by atoms with Crippen LogP contribution in [-0.4, -0.2) is 48.0 Å². The van der Waals surface area contributed by atoms with Crippen molar-refractivity contribution < 1.29 is 4.79 Å². The van der Waals surface area contributed by atoms with Gasteiger partial charge in [0.05, 0.1) is 11.3 Å². The number of nitrogens with one attached hydrogen (secondary N) is 2. The van der Waals surface area contributed by atoms with E-state index in [4.69, 9.17) is 0 Å². The average Bonchev–Trinajstić information content (AvgIpc) is 2.54. The van der Waals surface area contributed by atoms with Crippen molar-refractivity contribution in [1.29, 1.82) is 0 Å². The Morgan fingerprint density at radius 2 is 1.96 bits per heavy atom. The Balaban J connectivity index is 1.91. The zero-order valence-corrected chi connectivity index (χ0v) is 15.7. The smallest absolute Gasteiger partial charge is 0.254 e. The molecule has 7 heteroatoms. The van der Waals surface area contributed by atoms with Crippen molar-refractivity contribution in [2.24, 2.45) is 0 Å². The lowest BCUT2D eigenvalue weighted by atomic mass is 10.2. The number of amides is 1. The molecular weight excluding hydrogens is 370 g/mol. The Labute approximate surface area is 150 Å². The van der Waals surface area contributed by atoms with Gasteiger partial charge in [0.1, 0.15) is 0 Å². The van der Waals surface area contributed by atoms with Gasteiger partial charge in [-0.15, -0.1) is 0 Å². The van der Waals surface area contributed by atoms with Gasteiger partial charge in [0.25, 0.3) is 5.91 Å². The van der Waals surface area contributed by atoms with Crippen molar-refractivity contribution in [2.45, 2.75) is 13.3 Å². The second-order valence-electron chi connectivity index (χ2n) is 5.82. The molecule has 0 saturated carbocycles. The SMILES string of the molecule is Cc1ccc(Nc2ncc(C(=O)NCCCN(C)C)cn2)c(Br)c1. The molecule has 0 unspecified atom stereocenters. The van der Waals surface area contributed by atoms with Gasteiger partial charge >= 0.3 is 0 Å². The van der Waals surface area contributed by atoms with E-state index in [9.17, 15) is 4.79 Å². The van der Waals surface area contributed by atoms with Crippen molar-refractivity contribution in [3.05, 3.63) is 46.2 Å². The lowest BCUT2D eigenvalue weighted by Gasteiger charge is -2.10. The summed E-state index contributed by atoms with van der Waals surface area (Å²) in [7, 11) is 4.02. The average molecular weight is 392 g/mol. The highest BCUT2D eigenvalue weighted by molar-refractivity contribution is 9.10. The first-order chi connectivity index (χ1) is 11.5. The summed E-state index contributed by atoms with van der Waals surface area (Å²) in [5.41, 5.74) is 2.49. The molecule has 1 aromatic carbocycles. The third-order valence-corrected chi connectivity index (χ3v) is 4.01. The van der Waals surface area contributed by atoms with Crippen LogP contribution in [0.3, 0.4) is 0 Å². The van der Waals surface area contributed by atoms with Gasteiger partial charge in [-0.2, -0.15) is 0 Å². The van der Waals surface area contributed by atoms with Gasteiger partial charge in [0.2, 0.25) is 5.95 Å². The summed E-state index contributed by atoms with van der Waals surface area (Å²) in [6, 6.07) is 5.97. The Hall–Kier alpha value is -1.99. The van der Waals surface area contributed by atoms with Gasteiger partial charge in [-0.25, -0.2) is 9.97 Å².